The number of amides is 1. The van der Waals surface area contributed by atoms with Crippen LogP contribution in [0.25, 0.3) is 10.9 Å². The molecule has 0 atom stereocenters. The minimum atomic E-state index is -0.550. The number of methoxy groups -OCH3 is 2. The highest BCUT2D eigenvalue weighted by Gasteiger charge is 2.23. The molecule has 4 rings (SSSR count). The highest BCUT2D eigenvalue weighted by Crippen LogP contribution is 2.31. The van der Waals surface area contributed by atoms with E-state index in [0.29, 0.717) is 27.4 Å². The quantitative estimate of drug-likeness (QED) is 0.553. The molecule has 0 unspecified atom stereocenters. The zero-order valence-electron chi connectivity index (χ0n) is 18.0. The van der Waals surface area contributed by atoms with Gasteiger partial charge in [-0.05, 0) is 30.3 Å². The average molecular weight is 457 g/mol. The normalized spacial score (nSPS) is 14.4. The molecule has 1 fully saturated rings. The van der Waals surface area contributed by atoms with Crippen LogP contribution in [0.3, 0.4) is 0 Å². The van der Waals surface area contributed by atoms with E-state index in [1.165, 1.54) is 7.11 Å². The summed E-state index contributed by atoms with van der Waals surface area (Å²) in [6.07, 6.45) is 0. The van der Waals surface area contributed by atoms with Crippen LogP contribution in [-0.4, -0.2) is 68.7 Å². The Labute approximate surface area is 191 Å². The summed E-state index contributed by atoms with van der Waals surface area (Å²) in [5.41, 5.74) is 2.38. The first kappa shape index (κ1) is 22.0. The number of hydrogen-bond donors (Lipinski definition) is 2. The van der Waals surface area contributed by atoms with Crippen LogP contribution in [0.1, 0.15) is 10.5 Å². The third kappa shape index (κ3) is 4.66. The lowest BCUT2D eigenvalue weighted by Crippen LogP contribution is -2.48. The Morgan fingerprint density at radius 3 is 2.56 bits per heavy atom. The second-order valence-corrected chi connectivity index (χ2v) is 8.01. The molecule has 0 aliphatic carbocycles. The van der Waals surface area contributed by atoms with Crippen LogP contribution in [0, 0.1) is 0 Å². The zero-order valence-corrected chi connectivity index (χ0v) is 18.7. The van der Waals surface area contributed by atoms with Crippen molar-refractivity contribution in [1.29, 1.82) is 0 Å². The monoisotopic (exact) mass is 456 g/mol. The molecule has 9 heteroatoms. The van der Waals surface area contributed by atoms with Crippen molar-refractivity contribution >= 4 is 45.8 Å². The zero-order chi connectivity index (χ0) is 22.7. The van der Waals surface area contributed by atoms with Gasteiger partial charge in [-0.15, -0.1) is 0 Å². The topological polar surface area (TPSA) is 86.9 Å². The summed E-state index contributed by atoms with van der Waals surface area (Å²) in [7, 11) is 2.87. The fraction of sp³-hybridized carbons (Fsp3) is 0.304. The number of carbonyl (C=O) groups is 2. The molecule has 32 heavy (non-hydrogen) atoms. The molecule has 1 aliphatic rings. The summed E-state index contributed by atoms with van der Waals surface area (Å²) in [5, 5.41) is 4.32. The summed E-state index contributed by atoms with van der Waals surface area (Å²) in [5.74, 6) is -0.0979. The molecule has 0 spiro atoms. The Balaban J connectivity index is 1.43. The van der Waals surface area contributed by atoms with Gasteiger partial charge in [0.25, 0.3) is 0 Å². The Bertz CT molecular complexity index is 1140. The van der Waals surface area contributed by atoms with E-state index < -0.39 is 5.97 Å². The van der Waals surface area contributed by atoms with Crippen LogP contribution in [0.5, 0.6) is 5.75 Å². The van der Waals surface area contributed by atoms with E-state index in [1.54, 1.807) is 25.3 Å². The predicted molar refractivity (Wildman–Crippen MR) is 125 cm³/mol. The molecular weight excluding hydrogens is 432 g/mol. The van der Waals surface area contributed by atoms with Gasteiger partial charge in [-0.1, -0.05) is 17.7 Å². The van der Waals surface area contributed by atoms with E-state index in [-0.39, 0.29) is 18.1 Å². The van der Waals surface area contributed by atoms with Crippen molar-refractivity contribution < 1.29 is 19.1 Å². The third-order valence-corrected chi connectivity index (χ3v) is 5.81. The third-order valence-electron chi connectivity index (χ3n) is 5.57. The molecule has 8 nitrogen and oxygen atoms in total. The van der Waals surface area contributed by atoms with Crippen LogP contribution >= 0.6 is 11.6 Å². The van der Waals surface area contributed by atoms with Gasteiger partial charge >= 0.3 is 5.97 Å². The summed E-state index contributed by atoms with van der Waals surface area (Å²) in [4.78, 5) is 32.5. The first-order chi connectivity index (χ1) is 15.5. The second-order valence-electron chi connectivity index (χ2n) is 7.57. The Morgan fingerprint density at radius 1 is 1.09 bits per heavy atom. The van der Waals surface area contributed by atoms with Crippen LogP contribution in [0.2, 0.25) is 5.02 Å². The molecule has 0 saturated carbocycles. The number of halogens is 1. The van der Waals surface area contributed by atoms with Gasteiger partial charge in [0.15, 0.2) is 0 Å². The molecule has 0 radical (unpaired) electrons. The number of nitrogens with one attached hydrogen (secondary N) is 2. The second kappa shape index (κ2) is 9.50. The first-order valence-electron chi connectivity index (χ1n) is 10.3. The first-order valence-corrected chi connectivity index (χ1v) is 10.7. The lowest BCUT2D eigenvalue weighted by Gasteiger charge is -2.35. The molecule has 1 saturated heterocycles. The number of piperazine rings is 1. The summed E-state index contributed by atoms with van der Waals surface area (Å²) < 4.78 is 10.1. The van der Waals surface area contributed by atoms with Crippen molar-refractivity contribution in [3.8, 4) is 5.75 Å². The number of benzene rings is 2. The molecule has 168 valence electrons. The fourth-order valence-corrected chi connectivity index (χ4v) is 4.09. The van der Waals surface area contributed by atoms with Crippen molar-refractivity contribution in [3.05, 3.63) is 53.2 Å². The fourth-order valence-electron chi connectivity index (χ4n) is 3.91. The summed E-state index contributed by atoms with van der Waals surface area (Å²) in [6.45, 7) is 3.32. The van der Waals surface area contributed by atoms with Gasteiger partial charge < -0.3 is 24.7 Å². The smallest absolute Gasteiger partial charge is 0.356 e. The van der Waals surface area contributed by atoms with E-state index in [9.17, 15) is 9.59 Å². The predicted octanol–water partition coefficient (Wildman–Crippen LogP) is 3.38. The van der Waals surface area contributed by atoms with E-state index in [0.717, 1.165) is 31.9 Å². The number of ether oxygens (including phenoxy) is 2. The molecule has 2 heterocycles. The Hall–Kier alpha value is -3.23. The number of fused-ring (bicyclic) bond motifs is 1. The van der Waals surface area contributed by atoms with E-state index in [4.69, 9.17) is 21.1 Å². The molecule has 1 amide bonds. The molecule has 1 aliphatic heterocycles. The van der Waals surface area contributed by atoms with Gasteiger partial charge in [0.1, 0.15) is 11.4 Å². The lowest BCUT2D eigenvalue weighted by atomic mass is 10.2. The number of rotatable bonds is 6. The van der Waals surface area contributed by atoms with Crippen molar-refractivity contribution in [2.45, 2.75) is 0 Å². The molecule has 0 bridgehead atoms. The van der Waals surface area contributed by atoms with Crippen molar-refractivity contribution in [2.24, 2.45) is 0 Å². The maximum absolute atomic E-state index is 12.8. The van der Waals surface area contributed by atoms with Gasteiger partial charge in [0.2, 0.25) is 5.91 Å². The van der Waals surface area contributed by atoms with Crippen molar-refractivity contribution in [2.75, 3.05) is 57.2 Å². The largest absolute Gasteiger partial charge is 0.497 e. The van der Waals surface area contributed by atoms with Gasteiger partial charge in [-0.3, -0.25) is 9.69 Å². The molecular formula is C23H25ClN4O4. The average Bonchev–Trinajstić information content (AvgIpc) is 3.16. The van der Waals surface area contributed by atoms with Gasteiger partial charge in [-0.2, -0.15) is 0 Å². The van der Waals surface area contributed by atoms with Crippen LogP contribution < -0.4 is 15.0 Å². The minimum Gasteiger partial charge on any atom is -0.497 e. The van der Waals surface area contributed by atoms with Gasteiger partial charge in [0.05, 0.1) is 32.0 Å². The summed E-state index contributed by atoms with van der Waals surface area (Å²) in [6, 6.07) is 13.1. The molecule has 3 aromatic rings. The van der Waals surface area contributed by atoms with Crippen LogP contribution in [0.4, 0.5) is 11.4 Å². The van der Waals surface area contributed by atoms with E-state index >= 15 is 0 Å². The number of aromatic amines is 1. The van der Waals surface area contributed by atoms with Crippen molar-refractivity contribution in [3.63, 3.8) is 0 Å². The van der Waals surface area contributed by atoms with Crippen molar-refractivity contribution in [1.82, 2.24) is 9.88 Å². The minimum absolute atomic E-state index is 0.192. The van der Waals surface area contributed by atoms with E-state index in [2.05, 4.69) is 20.1 Å². The van der Waals surface area contributed by atoms with E-state index in [1.807, 2.05) is 24.3 Å². The maximum Gasteiger partial charge on any atom is 0.356 e. The number of esters is 1. The number of hydrogen-bond acceptors (Lipinski definition) is 6. The van der Waals surface area contributed by atoms with Gasteiger partial charge in [0, 0.05) is 48.3 Å². The Kier molecular flexibility index (Phi) is 6.53. The molecule has 2 N–H and O–H groups in total. The van der Waals surface area contributed by atoms with Crippen LogP contribution in [-0.2, 0) is 9.53 Å². The standard InChI is InChI=1S/C23H25ClN4O4/c1-31-17-6-7-18-19(13-17)25-22(23(30)32-2)21(18)26-20(29)14-27-8-10-28(11-9-27)16-5-3-4-15(24)12-16/h3-7,12-13,25H,8-11,14H2,1-2H3,(H,26,29). The lowest BCUT2D eigenvalue weighted by molar-refractivity contribution is -0.117. The highest BCUT2D eigenvalue weighted by atomic mass is 35.5. The number of anilines is 2. The number of H-pyrrole nitrogens is 1. The number of nitrogens with zero attached hydrogens (tertiary/aromatic N) is 2. The summed E-state index contributed by atoms with van der Waals surface area (Å²) >= 11 is 6.10. The number of aromatic nitrogens is 1. The highest BCUT2D eigenvalue weighted by molar-refractivity contribution is 6.30. The van der Waals surface area contributed by atoms with Gasteiger partial charge in [-0.25, -0.2) is 4.79 Å². The number of carbonyl (C=O) groups excluding carboxylic acids is 2. The SMILES string of the molecule is COC(=O)c1[nH]c2cc(OC)ccc2c1NC(=O)CN1CCN(c2cccc(Cl)c2)CC1. The Morgan fingerprint density at radius 2 is 1.88 bits per heavy atom. The molecule has 2 aromatic carbocycles. The maximum atomic E-state index is 12.8. The van der Waals surface area contributed by atoms with Crippen LogP contribution in [0.15, 0.2) is 42.5 Å². The molecule has 1 aromatic heterocycles.